The number of hydrogen-bond donors (Lipinski definition) is 2. The van der Waals surface area contributed by atoms with Crippen molar-refractivity contribution in [1.82, 2.24) is 0 Å². The minimum Gasteiger partial charge on any atom is -0.395 e. The summed E-state index contributed by atoms with van der Waals surface area (Å²) in [6.07, 6.45) is 3.53. The molecule has 3 N–H and O–H groups in total. The Balaban J connectivity index is 2.10. The van der Waals surface area contributed by atoms with Gasteiger partial charge in [-0.25, -0.2) is 0 Å². The van der Waals surface area contributed by atoms with Gasteiger partial charge < -0.3 is 15.6 Å². The zero-order chi connectivity index (χ0) is 10.4. The fourth-order valence-corrected chi connectivity index (χ4v) is 2.65. The van der Waals surface area contributed by atoms with E-state index < -0.39 is 0 Å². The van der Waals surface area contributed by atoms with Gasteiger partial charge in [-0.15, -0.1) is 0 Å². The van der Waals surface area contributed by atoms with Crippen molar-refractivity contribution in [3.63, 3.8) is 0 Å². The first kappa shape index (κ1) is 12.3. The second kappa shape index (κ2) is 6.67. The molecular weight excluding hydrogens is 198 g/mol. The van der Waals surface area contributed by atoms with Gasteiger partial charge >= 0.3 is 0 Å². The van der Waals surface area contributed by atoms with Gasteiger partial charge in [-0.3, -0.25) is 0 Å². The molecule has 0 aromatic rings. The van der Waals surface area contributed by atoms with Crippen LogP contribution in [-0.4, -0.2) is 42.5 Å². The van der Waals surface area contributed by atoms with Crippen molar-refractivity contribution in [3.8, 4) is 0 Å². The Kier molecular flexibility index (Phi) is 5.86. The van der Waals surface area contributed by atoms with Gasteiger partial charge in [-0.05, 0) is 30.9 Å². The van der Waals surface area contributed by atoms with E-state index in [2.05, 4.69) is 0 Å². The van der Waals surface area contributed by atoms with Crippen LogP contribution in [-0.2, 0) is 4.74 Å². The summed E-state index contributed by atoms with van der Waals surface area (Å²) >= 11 is 1.78. The molecule has 0 aliphatic heterocycles. The van der Waals surface area contributed by atoms with Gasteiger partial charge in [0.25, 0.3) is 0 Å². The highest BCUT2D eigenvalue weighted by Crippen LogP contribution is 2.35. The van der Waals surface area contributed by atoms with Crippen molar-refractivity contribution in [2.75, 3.05) is 26.1 Å². The van der Waals surface area contributed by atoms with Crippen molar-refractivity contribution in [2.24, 2.45) is 11.7 Å². The van der Waals surface area contributed by atoms with Crippen LogP contribution in [0.1, 0.15) is 19.3 Å². The molecule has 1 rings (SSSR count). The van der Waals surface area contributed by atoms with Crippen LogP contribution >= 0.6 is 11.8 Å². The van der Waals surface area contributed by atoms with Crippen molar-refractivity contribution in [2.45, 2.75) is 30.6 Å². The number of methoxy groups -OCH3 is 1. The van der Waals surface area contributed by atoms with Gasteiger partial charge in [0.1, 0.15) is 0 Å². The van der Waals surface area contributed by atoms with Crippen LogP contribution < -0.4 is 5.73 Å². The Morgan fingerprint density at radius 3 is 2.79 bits per heavy atom. The average molecular weight is 219 g/mol. The van der Waals surface area contributed by atoms with Crippen molar-refractivity contribution in [3.05, 3.63) is 0 Å². The first-order chi connectivity index (χ1) is 6.79. The predicted octanol–water partition coefficient (Wildman–Crippen LogP) is 0.854. The van der Waals surface area contributed by atoms with Crippen LogP contribution in [0.4, 0.5) is 0 Å². The first-order valence-corrected chi connectivity index (χ1v) is 6.31. The molecule has 1 aliphatic rings. The van der Waals surface area contributed by atoms with E-state index in [0.717, 1.165) is 18.8 Å². The maximum atomic E-state index is 9.20. The summed E-state index contributed by atoms with van der Waals surface area (Å²) in [6.45, 7) is 0.999. The van der Waals surface area contributed by atoms with E-state index in [1.165, 1.54) is 12.8 Å². The van der Waals surface area contributed by atoms with Gasteiger partial charge in [0.2, 0.25) is 0 Å². The molecule has 1 fully saturated rings. The van der Waals surface area contributed by atoms with Crippen molar-refractivity contribution < 1.29 is 9.84 Å². The largest absolute Gasteiger partial charge is 0.395 e. The predicted molar refractivity (Wildman–Crippen MR) is 60.5 cm³/mol. The summed E-state index contributed by atoms with van der Waals surface area (Å²) in [5, 5.41) is 9.42. The van der Waals surface area contributed by atoms with E-state index in [9.17, 15) is 5.11 Å². The molecule has 1 aliphatic carbocycles. The summed E-state index contributed by atoms with van der Waals surface area (Å²) in [5.41, 5.74) is 6.04. The molecule has 2 atom stereocenters. The van der Waals surface area contributed by atoms with Crippen LogP contribution in [0.15, 0.2) is 0 Å². The van der Waals surface area contributed by atoms with Gasteiger partial charge in [0.15, 0.2) is 0 Å². The fraction of sp³-hybridized carbons (Fsp3) is 1.00. The maximum absolute atomic E-state index is 9.20. The summed E-state index contributed by atoms with van der Waals surface area (Å²) in [6, 6.07) is 0.188. The number of ether oxygens (including phenoxy) is 1. The minimum atomic E-state index is 0.188. The quantitative estimate of drug-likeness (QED) is 0.594. The molecule has 14 heavy (non-hydrogen) atoms. The van der Waals surface area contributed by atoms with Crippen molar-refractivity contribution in [1.29, 1.82) is 0 Å². The lowest BCUT2D eigenvalue weighted by Crippen LogP contribution is -2.37. The molecule has 3 nitrogen and oxygen atoms in total. The third-order valence-corrected chi connectivity index (χ3v) is 4.02. The highest BCUT2D eigenvalue weighted by molar-refractivity contribution is 7.99. The third kappa shape index (κ3) is 4.17. The molecule has 0 heterocycles. The summed E-state index contributed by atoms with van der Waals surface area (Å²) < 4.78 is 4.97. The second-order valence-electron chi connectivity index (χ2n) is 3.85. The Labute approximate surface area is 90.4 Å². The van der Waals surface area contributed by atoms with Crippen LogP contribution in [0.25, 0.3) is 0 Å². The zero-order valence-corrected chi connectivity index (χ0v) is 9.63. The molecule has 0 saturated heterocycles. The molecule has 2 unspecified atom stereocenters. The lowest BCUT2D eigenvalue weighted by molar-refractivity contribution is 0.200. The Morgan fingerprint density at radius 2 is 2.29 bits per heavy atom. The Morgan fingerprint density at radius 1 is 1.57 bits per heavy atom. The highest BCUT2D eigenvalue weighted by Gasteiger charge is 2.33. The summed E-state index contributed by atoms with van der Waals surface area (Å²) in [7, 11) is 1.71. The minimum absolute atomic E-state index is 0.188. The van der Waals surface area contributed by atoms with Gasteiger partial charge in [-0.1, -0.05) is 0 Å². The molecule has 0 amide bonds. The molecule has 84 valence electrons. The van der Waals surface area contributed by atoms with Crippen molar-refractivity contribution >= 4 is 11.8 Å². The van der Waals surface area contributed by atoms with Crippen LogP contribution in [0.2, 0.25) is 0 Å². The van der Waals surface area contributed by atoms with E-state index in [0.29, 0.717) is 5.92 Å². The lowest BCUT2D eigenvalue weighted by atomic mass is 10.1. The fourth-order valence-electron chi connectivity index (χ4n) is 1.51. The van der Waals surface area contributed by atoms with E-state index in [-0.39, 0.29) is 17.9 Å². The van der Waals surface area contributed by atoms with Gasteiger partial charge in [0, 0.05) is 25.0 Å². The number of rotatable bonds is 8. The Hall–Kier alpha value is 0.230. The van der Waals surface area contributed by atoms with Crippen LogP contribution in [0.5, 0.6) is 0 Å². The maximum Gasteiger partial charge on any atom is 0.0565 e. The molecule has 1 saturated carbocycles. The summed E-state index contributed by atoms with van der Waals surface area (Å²) in [5.74, 6) is 1.70. The summed E-state index contributed by atoms with van der Waals surface area (Å²) in [4.78, 5) is 0. The number of hydrogen-bond acceptors (Lipinski definition) is 4. The van der Waals surface area contributed by atoms with E-state index in [1.54, 1.807) is 18.9 Å². The molecule has 0 aromatic heterocycles. The van der Waals surface area contributed by atoms with Gasteiger partial charge in [-0.2, -0.15) is 11.8 Å². The lowest BCUT2D eigenvalue weighted by Gasteiger charge is -2.20. The number of aliphatic hydroxyl groups excluding tert-OH is 1. The molecule has 0 radical (unpaired) electrons. The molecule has 0 bridgehead atoms. The SMILES string of the molecule is COCCCSC(CO)C(N)C1CC1. The number of aliphatic hydroxyl groups is 1. The van der Waals surface area contributed by atoms with Gasteiger partial charge in [0.05, 0.1) is 6.61 Å². The molecule has 4 heteroatoms. The molecular formula is C10H21NO2S. The number of thioether (sulfide) groups is 1. The standard InChI is InChI=1S/C10H21NO2S/c1-13-5-2-6-14-9(7-12)10(11)8-3-4-8/h8-10,12H,2-7,11H2,1H3. The van der Waals surface area contributed by atoms with Crippen LogP contribution in [0, 0.1) is 5.92 Å². The average Bonchev–Trinajstić information content (AvgIpc) is 3.00. The van der Waals surface area contributed by atoms with E-state index >= 15 is 0 Å². The Bertz CT molecular complexity index is 153. The smallest absolute Gasteiger partial charge is 0.0565 e. The highest BCUT2D eigenvalue weighted by atomic mass is 32.2. The number of nitrogens with two attached hydrogens (primary N) is 1. The molecule has 0 aromatic carbocycles. The monoisotopic (exact) mass is 219 g/mol. The zero-order valence-electron chi connectivity index (χ0n) is 8.82. The second-order valence-corrected chi connectivity index (χ2v) is 5.20. The van der Waals surface area contributed by atoms with Crippen LogP contribution in [0.3, 0.4) is 0 Å². The first-order valence-electron chi connectivity index (χ1n) is 5.26. The molecule has 0 spiro atoms. The van der Waals surface area contributed by atoms with E-state index in [1.807, 2.05) is 0 Å². The normalized spacial score (nSPS) is 20.8. The topological polar surface area (TPSA) is 55.5 Å². The van der Waals surface area contributed by atoms with E-state index in [4.69, 9.17) is 10.5 Å². The third-order valence-electron chi connectivity index (χ3n) is 2.60.